The van der Waals surface area contributed by atoms with E-state index < -0.39 is 21.8 Å². The van der Waals surface area contributed by atoms with E-state index in [1.54, 1.807) is 72.8 Å². The fourth-order valence-electron chi connectivity index (χ4n) is 7.09. The average Bonchev–Trinajstić information content (AvgIpc) is 4.23. The molecule has 0 saturated carbocycles. The van der Waals surface area contributed by atoms with E-state index in [0.29, 0.717) is 66.8 Å². The largest absolute Gasteiger partial charge is 0.355 e. The van der Waals surface area contributed by atoms with E-state index in [1.807, 2.05) is 42.5 Å². The van der Waals surface area contributed by atoms with E-state index in [1.165, 1.54) is 30.3 Å². The van der Waals surface area contributed by atoms with Gasteiger partial charge in [0.2, 0.25) is 15.9 Å². The van der Waals surface area contributed by atoms with Gasteiger partial charge in [-0.3, -0.25) is 19.1 Å². The highest BCUT2D eigenvalue weighted by atomic mass is 32.2. The van der Waals surface area contributed by atoms with Gasteiger partial charge in [0.15, 0.2) is 34.2 Å². The lowest BCUT2D eigenvalue weighted by Gasteiger charge is -2.09. The summed E-state index contributed by atoms with van der Waals surface area (Å²) in [6.45, 7) is 0. The summed E-state index contributed by atoms with van der Waals surface area (Å²) in [6, 6.07) is 40.9. The molecule has 348 valence electrons. The van der Waals surface area contributed by atoms with Crippen molar-refractivity contribution >= 4 is 72.4 Å². The fraction of sp³-hybridized carbons (Fsp3) is 0.0426. The molecule has 4 aromatic heterocycles. The Morgan fingerprint density at radius 3 is 1.56 bits per heavy atom. The number of rotatable bonds is 13. The number of nitrogens with zero attached hydrogens (tertiary/aromatic N) is 10. The van der Waals surface area contributed by atoms with E-state index >= 15 is 0 Å². The van der Waals surface area contributed by atoms with Crippen molar-refractivity contribution in [1.29, 1.82) is 10.5 Å². The number of carbonyl (C=O) groups excluding carboxylic acids is 3. The zero-order valence-corrected chi connectivity index (χ0v) is 37.2. The molecule has 0 fully saturated rings. The predicted molar refractivity (Wildman–Crippen MR) is 254 cm³/mol. The Balaban J connectivity index is 0.000000176. The first kappa shape index (κ1) is 45.7. The van der Waals surface area contributed by atoms with Crippen molar-refractivity contribution in [2.24, 2.45) is 0 Å². The van der Waals surface area contributed by atoms with Crippen molar-refractivity contribution in [3.05, 3.63) is 167 Å². The molecule has 4 heterocycles. The summed E-state index contributed by atoms with van der Waals surface area (Å²) in [7, 11) is -3.71. The van der Waals surface area contributed by atoms with Crippen LogP contribution in [0.2, 0.25) is 0 Å². The minimum atomic E-state index is -3.71. The molecular weight excluding hydrogens is 933 g/mol. The number of H-pyrrole nitrogens is 2. The first-order valence-electron chi connectivity index (χ1n) is 20.9. The van der Waals surface area contributed by atoms with Gasteiger partial charge in [-0.1, -0.05) is 71.0 Å². The average molecular weight is 965 g/mol. The molecule has 71 heavy (non-hydrogen) atoms. The number of aromatic nitrogens is 10. The molecule has 0 aliphatic carbocycles. The van der Waals surface area contributed by atoms with E-state index in [4.69, 9.17) is 9.05 Å². The van der Waals surface area contributed by atoms with Crippen molar-refractivity contribution in [1.82, 2.24) is 51.6 Å². The number of tetrazole rings is 2. The predicted octanol–water partition coefficient (Wildman–Crippen LogP) is 6.39. The van der Waals surface area contributed by atoms with Gasteiger partial charge in [0.25, 0.3) is 11.8 Å². The van der Waals surface area contributed by atoms with E-state index in [-0.39, 0.29) is 46.8 Å². The summed E-state index contributed by atoms with van der Waals surface area (Å²) < 4.78 is 38.3. The van der Waals surface area contributed by atoms with Crippen molar-refractivity contribution in [3.63, 3.8) is 0 Å². The molecular formula is C47H32N16O7S. The highest BCUT2D eigenvalue weighted by Crippen LogP contribution is 2.31. The first-order valence-corrected chi connectivity index (χ1v) is 22.5. The van der Waals surface area contributed by atoms with Gasteiger partial charge in [0.1, 0.15) is 0 Å². The van der Waals surface area contributed by atoms with Crippen LogP contribution in [0.1, 0.15) is 43.2 Å². The summed E-state index contributed by atoms with van der Waals surface area (Å²) in [6.07, 6.45) is 0.216. The number of carbonyl (C=O) groups is 3. The zero-order chi connectivity index (χ0) is 49.3. The molecule has 10 rings (SSSR count). The van der Waals surface area contributed by atoms with Crippen LogP contribution in [0.5, 0.6) is 0 Å². The fourth-order valence-corrected chi connectivity index (χ4v) is 8.28. The Morgan fingerprint density at radius 2 is 1.07 bits per heavy atom. The summed E-state index contributed by atoms with van der Waals surface area (Å²) in [5, 5.41) is 62.3. The Morgan fingerprint density at radius 1 is 0.577 bits per heavy atom. The molecule has 6 N–H and O–H groups in total. The number of fused-ring (bicyclic) bond motifs is 2. The van der Waals surface area contributed by atoms with Crippen molar-refractivity contribution < 1.29 is 31.8 Å². The number of sulfonamides is 1. The molecule has 3 amide bonds. The summed E-state index contributed by atoms with van der Waals surface area (Å²) in [5.41, 5.74) is 5.18. The number of nitriles is 2. The van der Waals surface area contributed by atoms with Crippen molar-refractivity contribution in [2.75, 3.05) is 20.7 Å². The lowest BCUT2D eigenvalue weighted by Crippen LogP contribution is -2.15. The van der Waals surface area contributed by atoms with Crippen LogP contribution in [0.25, 0.3) is 44.7 Å². The second-order valence-corrected chi connectivity index (χ2v) is 16.9. The number of anilines is 4. The molecule has 0 aliphatic rings. The second kappa shape index (κ2) is 20.2. The smallest absolute Gasteiger partial charge is 0.278 e. The maximum absolute atomic E-state index is 13.1. The molecule has 6 aromatic carbocycles. The molecule has 0 atom stereocenters. The number of benzene rings is 6. The van der Waals surface area contributed by atoms with Crippen LogP contribution in [0.3, 0.4) is 0 Å². The normalized spacial score (nSPS) is 10.9. The third kappa shape index (κ3) is 10.7. The Bertz CT molecular complexity index is 3780. The third-order valence-electron chi connectivity index (χ3n) is 10.3. The van der Waals surface area contributed by atoms with Crippen LogP contribution in [0.4, 0.5) is 22.7 Å². The maximum Gasteiger partial charge on any atom is 0.278 e. The van der Waals surface area contributed by atoms with Crippen LogP contribution >= 0.6 is 0 Å². The molecule has 0 radical (unpaired) electrons. The molecule has 0 saturated heterocycles. The van der Waals surface area contributed by atoms with Crippen molar-refractivity contribution in [3.8, 4) is 34.9 Å². The van der Waals surface area contributed by atoms with Gasteiger partial charge < -0.3 is 25.0 Å². The number of amides is 3. The maximum atomic E-state index is 13.1. The number of hydrogen-bond donors (Lipinski definition) is 6. The van der Waals surface area contributed by atoms with Crippen LogP contribution < -0.4 is 20.7 Å². The van der Waals surface area contributed by atoms with Crippen LogP contribution in [-0.4, -0.2) is 77.7 Å². The van der Waals surface area contributed by atoms with E-state index in [0.717, 1.165) is 5.56 Å². The molecule has 0 bridgehead atoms. The van der Waals surface area contributed by atoms with E-state index in [9.17, 15) is 33.3 Å². The summed E-state index contributed by atoms with van der Waals surface area (Å²) >= 11 is 0. The Labute approximate surface area is 399 Å². The molecule has 0 spiro atoms. The van der Waals surface area contributed by atoms with E-state index in [2.05, 4.69) is 72.2 Å². The number of aromatic amines is 2. The Kier molecular flexibility index (Phi) is 13.0. The number of nitrogens with one attached hydrogen (secondary N) is 6. The van der Waals surface area contributed by atoms with Gasteiger partial charge in [-0.15, -0.1) is 10.2 Å². The monoisotopic (exact) mass is 964 g/mol. The summed E-state index contributed by atoms with van der Waals surface area (Å²) in [4.78, 5) is 38.6. The lowest BCUT2D eigenvalue weighted by molar-refractivity contribution is -0.115. The van der Waals surface area contributed by atoms with Crippen LogP contribution in [0, 0.1) is 22.7 Å². The van der Waals surface area contributed by atoms with Gasteiger partial charge in [-0.25, -0.2) is 18.6 Å². The van der Waals surface area contributed by atoms with Gasteiger partial charge in [0, 0.05) is 22.5 Å². The third-order valence-corrected chi connectivity index (χ3v) is 11.6. The van der Waals surface area contributed by atoms with Gasteiger partial charge in [-0.2, -0.15) is 10.5 Å². The highest BCUT2D eigenvalue weighted by Gasteiger charge is 2.22. The Hall–Kier alpha value is -10.5. The molecule has 24 heteroatoms. The topological polar surface area (TPSA) is 342 Å². The number of hydrogen-bond acceptors (Lipinski definition) is 17. The van der Waals surface area contributed by atoms with Gasteiger partial charge in [-0.05, 0) is 105 Å². The summed E-state index contributed by atoms with van der Waals surface area (Å²) in [5.74, 6) is -1.03. The minimum Gasteiger partial charge on any atom is -0.355 e. The minimum absolute atomic E-state index is 0.0326. The molecule has 0 unspecified atom stereocenters. The zero-order valence-electron chi connectivity index (χ0n) is 36.4. The van der Waals surface area contributed by atoms with Crippen LogP contribution in [-0.2, 0) is 27.0 Å². The van der Waals surface area contributed by atoms with Crippen LogP contribution in [0.15, 0.2) is 143 Å². The SMILES string of the molecule is N#Cc1ccc(NC(=O)c2noc3ccc(NC(=O)Cc4ccccc4)cc23)c(-c2nnn[nH]2)c1.N#Cc1ccc(NC(=O)c2noc3ccc(NS(=O)(=O)Cc4ccccc4)cc23)c(-c2nnn[nH]2)c1. The second-order valence-electron chi connectivity index (χ2n) is 15.2. The van der Waals surface area contributed by atoms with Gasteiger partial charge >= 0.3 is 0 Å². The molecule has 0 aliphatic heterocycles. The standard InChI is InChI=1S/C24H16N8O3.C23H16N8O4S/c25-13-15-6-8-19(17(10-15)23-28-31-32-29-23)27-24(34)22-18-12-16(7-9-20(18)35-30-22)26-21(33)11-14-4-2-1-3-5-14;24-12-15-6-8-19(17(10-15)22-26-30-31-27-22)25-23(32)21-18-11-16(7-9-20(18)35-28-21)29-36(33,34)13-14-4-2-1-3-5-14/h1-10,12H,11H2,(H,26,33)(H,27,34)(H,28,29,31,32);1-11,29H,13H2,(H,25,32)(H,26,27,30,31). The first-order chi connectivity index (χ1) is 34.5. The van der Waals surface area contributed by atoms with Gasteiger partial charge in [0.05, 0.1) is 57.6 Å². The molecule has 10 aromatic rings. The lowest BCUT2D eigenvalue weighted by atomic mass is 10.1. The van der Waals surface area contributed by atoms with Crippen molar-refractivity contribution in [2.45, 2.75) is 12.2 Å². The quantitative estimate of drug-likeness (QED) is 0.0729. The molecule has 23 nitrogen and oxygen atoms in total. The highest BCUT2D eigenvalue weighted by molar-refractivity contribution is 7.91.